The third-order valence-corrected chi connectivity index (χ3v) is 3.47. The fourth-order valence-corrected chi connectivity index (χ4v) is 2.50. The van der Waals surface area contributed by atoms with E-state index in [1.165, 1.54) is 0 Å². The Morgan fingerprint density at radius 1 is 1.32 bits per heavy atom. The molecule has 6 nitrogen and oxygen atoms in total. The van der Waals surface area contributed by atoms with E-state index in [1.54, 1.807) is 0 Å². The summed E-state index contributed by atoms with van der Waals surface area (Å²) in [6, 6.07) is 1.92. The topological polar surface area (TPSA) is 70.6 Å². The van der Waals surface area contributed by atoms with Crippen LogP contribution in [0.1, 0.15) is 36.1 Å². The van der Waals surface area contributed by atoms with Gasteiger partial charge in [-0.25, -0.2) is 15.0 Å². The molecular formula is C13H18N6. The number of H-pyrrole nitrogens is 1. The molecule has 1 N–H and O–H groups in total. The summed E-state index contributed by atoms with van der Waals surface area (Å²) >= 11 is 0. The first-order valence-electron chi connectivity index (χ1n) is 6.66. The largest absolute Gasteiger partial charge is 0.340 e. The summed E-state index contributed by atoms with van der Waals surface area (Å²) in [4.78, 5) is 15.5. The molecule has 3 rings (SSSR count). The smallest absolute Gasteiger partial charge is 0.225 e. The number of anilines is 1. The van der Waals surface area contributed by atoms with Crippen molar-refractivity contribution in [3.05, 3.63) is 29.6 Å². The van der Waals surface area contributed by atoms with Crippen LogP contribution < -0.4 is 4.90 Å². The molecule has 0 amide bonds. The molecule has 19 heavy (non-hydrogen) atoms. The van der Waals surface area contributed by atoms with Crippen molar-refractivity contribution in [2.75, 3.05) is 18.0 Å². The third-order valence-electron chi connectivity index (χ3n) is 3.47. The minimum atomic E-state index is 0.364. The van der Waals surface area contributed by atoms with Crippen LogP contribution in [0.3, 0.4) is 0 Å². The number of aromatic amines is 1. The number of nitrogens with zero attached hydrogens (tertiary/aromatic N) is 5. The van der Waals surface area contributed by atoms with Crippen molar-refractivity contribution < 1.29 is 0 Å². The predicted molar refractivity (Wildman–Crippen MR) is 72.1 cm³/mol. The van der Waals surface area contributed by atoms with Crippen molar-refractivity contribution in [1.29, 1.82) is 0 Å². The van der Waals surface area contributed by atoms with Gasteiger partial charge in [-0.2, -0.15) is 5.10 Å². The second-order valence-electron chi connectivity index (χ2n) is 5.06. The Hall–Kier alpha value is -1.98. The molecule has 0 bridgehead atoms. The van der Waals surface area contributed by atoms with Crippen LogP contribution in [0.5, 0.6) is 0 Å². The lowest BCUT2D eigenvalue weighted by Crippen LogP contribution is -2.36. The standard InChI is InChI=1S/C13H18N6/c1-9-5-6-14-13(15-9)19-7-3-4-11(8-19)12-16-10(2)17-18-12/h5-6,11H,3-4,7-8H2,1-2H3,(H,16,17,18). The van der Waals surface area contributed by atoms with Gasteiger partial charge in [0.2, 0.25) is 5.95 Å². The van der Waals surface area contributed by atoms with Crippen LogP contribution in [0.25, 0.3) is 0 Å². The van der Waals surface area contributed by atoms with Gasteiger partial charge in [0.25, 0.3) is 0 Å². The Morgan fingerprint density at radius 2 is 2.21 bits per heavy atom. The number of rotatable bonds is 2. The summed E-state index contributed by atoms with van der Waals surface area (Å²) in [6.45, 7) is 5.82. The summed E-state index contributed by atoms with van der Waals surface area (Å²) in [7, 11) is 0. The molecule has 1 fully saturated rings. The number of hydrogen-bond donors (Lipinski definition) is 1. The molecule has 1 aliphatic rings. The minimum Gasteiger partial charge on any atom is -0.340 e. The van der Waals surface area contributed by atoms with Crippen LogP contribution in [0.2, 0.25) is 0 Å². The van der Waals surface area contributed by atoms with Gasteiger partial charge >= 0.3 is 0 Å². The summed E-state index contributed by atoms with van der Waals surface area (Å²) in [5.41, 5.74) is 1.00. The first kappa shape index (κ1) is 12.1. The highest BCUT2D eigenvalue weighted by atomic mass is 15.3. The highest BCUT2D eigenvalue weighted by Crippen LogP contribution is 2.26. The van der Waals surface area contributed by atoms with Crippen molar-refractivity contribution >= 4 is 5.95 Å². The molecule has 1 unspecified atom stereocenters. The highest BCUT2D eigenvalue weighted by Gasteiger charge is 2.25. The van der Waals surface area contributed by atoms with Gasteiger partial charge < -0.3 is 4.90 Å². The van der Waals surface area contributed by atoms with E-state index in [-0.39, 0.29) is 0 Å². The number of aromatic nitrogens is 5. The van der Waals surface area contributed by atoms with E-state index in [9.17, 15) is 0 Å². The molecule has 1 saturated heterocycles. The fraction of sp³-hybridized carbons (Fsp3) is 0.538. The van der Waals surface area contributed by atoms with E-state index in [1.807, 2.05) is 26.1 Å². The van der Waals surface area contributed by atoms with Gasteiger partial charge in [0.15, 0.2) is 5.82 Å². The average Bonchev–Trinajstić information content (AvgIpc) is 2.86. The Morgan fingerprint density at radius 3 is 2.95 bits per heavy atom. The first-order valence-corrected chi connectivity index (χ1v) is 6.66. The monoisotopic (exact) mass is 258 g/mol. The Balaban J connectivity index is 1.78. The zero-order valence-corrected chi connectivity index (χ0v) is 11.3. The average molecular weight is 258 g/mol. The van der Waals surface area contributed by atoms with Crippen LogP contribution in [0.15, 0.2) is 12.3 Å². The van der Waals surface area contributed by atoms with Crippen molar-refractivity contribution in [1.82, 2.24) is 25.1 Å². The van der Waals surface area contributed by atoms with Crippen molar-refractivity contribution in [3.63, 3.8) is 0 Å². The van der Waals surface area contributed by atoms with Gasteiger partial charge in [-0.3, -0.25) is 5.10 Å². The van der Waals surface area contributed by atoms with Gasteiger partial charge in [-0.1, -0.05) is 0 Å². The van der Waals surface area contributed by atoms with E-state index in [0.717, 1.165) is 49.2 Å². The lowest BCUT2D eigenvalue weighted by atomic mass is 9.98. The molecule has 100 valence electrons. The zero-order chi connectivity index (χ0) is 13.2. The zero-order valence-electron chi connectivity index (χ0n) is 11.3. The molecule has 1 atom stereocenters. The van der Waals surface area contributed by atoms with E-state index in [2.05, 4.69) is 30.0 Å². The normalized spacial score (nSPS) is 19.7. The number of nitrogens with one attached hydrogen (secondary N) is 1. The van der Waals surface area contributed by atoms with E-state index in [4.69, 9.17) is 0 Å². The van der Waals surface area contributed by atoms with Crippen molar-refractivity contribution in [2.45, 2.75) is 32.6 Å². The maximum Gasteiger partial charge on any atom is 0.225 e. The molecule has 2 aromatic rings. The number of hydrogen-bond acceptors (Lipinski definition) is 5. The second kappa shape index (κ2) is 4.95. The number of aryl methyl sites for hydroxylation is 2. The number of piperidine rings is 1. The van der Waals surface area contributed by atoms with Gasteiger partial charge in [0.1, 0.15) is 5.82 Å². The van der Waals surface area contributed by atoms with E-state index in [0.29, 0.717) is 5.92 Å². The Labute approximate surface area is 112 Å². The van der Waals surface area contributed by atoms with Gasteiger partial charge in [-0.05, 0) is 32.8 Å². The SMILES string of the molecule is Cc1ccnc(N2CCCC(c3n[nH]c(C)n3)C2)n1. The van der Waals surface area contributed by atoms with E-state index >= 15 is 0 Å². The predicted octanol–water partition coefficient (Wildman–Crippen LogP) is 1.60. The van der Waals surface area contributed by atoms with Gasteiger partial charge in [0, 0.05) is 30.9 Å². The Bertz CT molecular complexity index is 564. The quantitative estimate of drug-likeness (QED) is 0.885. The van der Waals surface area contributed by atoms with Crippen LogP contribution in [-0.4, -0.2) is 38.2 Å². The summed E-state index contributed by atoms with van der Waals surface area (Å²) in [5.74, 6) is 2.97. The van der Waals surface area contributed by atoms with Gasteiger partial charge in [0.05, 0.1) is 0 Å². The summed E-state index contributed by atoms with van der Waals surface area (Å²) < 4.78 is 0. The summed E-state index contributed by atoms with van der Waals surface area (Å²) in [5, 5.41) is 7.20. The molecule has 0 radical (unpaired) electrons. The van der Waals surface area contributed by atoms with Crippen LogP contribution in [0, 0.1) is 13.8 Å². The van der Waals surface area contributed by atoms with Crippen molar-refractivity contribution in [2.24, 2.45) is 0 Å². The maximum atomic E-state index is 4.50. The first-order chi connectivity index (χ1) is 9.22. The van der Waals surface area contributed by atoms with Crippen LogP contribution >= 0.6 is 0 Å². The molecule has 0 aromatic carbocycles. The third kappa shape index (κ3) is 2.57. The molecule has 0 saturated carbocycles. The lowest BCUT2D eigenvalue weighted by molar-refractivity contribution is 0.486. The summed E-state index contributed by atoms with van der Waals surface area (Å²) in [6.07, 6.45) is 4.06. The minimum absolute atomic E-state index is 0.364. The molecule has 0 aliphatic carbocycles. The Kier molecular flexibility index (Phi) is 3.15. The van der Waals surface area contributed by atoms with E-state index < -0.39 is 0 Å². The second-order valence-corrected chi connectivity index (χ2v) is 5.06. The van der Waals surface area contributed by atoms with Crippen LogP contribution in [0.4, 0.5) is 5.95 Å². The molecule has 3 heterocycles. The van der Waals surface area contributed by atoms with Gasteiger partial charge in [-0.15, -0.1) is 0 Å². The molecular weight excluding hydrogens is 240 g/mol. The molecule has 2 aromatic heterocycles. The maximum absolute atomic E-state index is 4.50. The fourth-order valence-electron chi connectivity index (χ4n) is 2.50. The molecule has 0 spiro atoms. The molecule has 6 heteroatoms. The van der Waals surface area contributed by atoms with Crippen molar-refractivity contribution in [3.8, 4) is 0 Å². The highest BCUT2D eigenvalue weighted by molar-refractivity contribution is 5.32. The lowest BCUT2D eigenvalue weighted by Gasteiger charge is -2.31. The molecule has 1 aliphatic heterocycles. The van der Waals surface area contributed by atoms with Crippen LogP contribution in [-0.2, 0) is 0 Å².